The van der Waals surface area contributed by atoms with Gasteiger partial charge in [0.05, 0.1) is 13.2 Å². The molecule has 4 nitrogen and oxygen atoms in total. The molecule has 84 valence electrons. The summed E-state index contributed by atoms with van der Waals surface area (Å²) in [4.78, 5) is 3.75. The zero-order valence-electron chi connectivity index (χ0n) is 8.74. The zero-order valence-corrected chi connectivity index (χ0v) is 8.74. The molecule has 1 aromatic rings. The Balaban J connectivity index is 2.76. The molecule has 0 radical (unpaired) electrons. The predicted octanol–water partition coefficient (Wildman–Crippen LogP) is 1.13. The molecule has 0 bridgehead atoms. The Morgan fingerprint density at radius 1 is 1.60 bits per heavy atom. The molecule has 0 aromatic carbocycles. The highest BCUT2D eigenvalue weighted by molar-refractivity contribution is 5.22. The van der Waals surface area contributed by atoms with Crippen LogP contribution in [-0.2, 0) is 11.3 Å². The van der Waals surface area contributed by atoms with Gasteiger partial charge >= 0.3 is 0 Å². The molecule has 1 atom stereocenters. The third-order valence-electron chi connectivity index (χ3n) is 1.82. The van der Waals surface area contributed by atoms with E-state index in [0.29, 0.717) is 6.61 Å². The molecule has 0 amide bonds. The summed E-state index contributed by atoms with van der Waals surface area (Å²) in [5.41, 5.74) is 0.171. The predicted molar refractivity (Wildman–Crippen MR) is 52.1 cm³/mol. The molecule has 1 unspecified atom stereocenters. The van der Waals surface area contributed by atoms with Crippen LogP contribution in [0.15, 0.2) is 12.3 Å². The molecule has 0 aliphatic rings. The van der Waals surface area contributed by atoms with Gasteiger partial charge < -0.3 is 14.6 Å². The lowest BCUT2D eigenvalue weighted by Gasteiger charge is -2.13. The topological polar surface area (TPSA) is 51.6 Å². The monoisotopic (exact) mass is 215 g/mol. The maximum absolute atomic E-state index is 13.5. The molecule has 0 fully saturated rings. The lowest BCUT2D eigenvalue weighted by Crippen LogP contribution is -2.19. The minimum atomic E-state index is -0.622. The van der Waals surface area contributed by atoms with Gasteiger partial charge in [-0.2, -0.15) is 0 Å². The third kappa shape index (κ3) is 3.14. The highest BCUT2D eigenvalue weighted by atomic mass is 19.1. The van der Waals surface area contributed by atoms with Gasteiger partial charge in [0.15, 0.2) is 5.82 Å². The molecule has 1 heterocycles. The van der Waals surface area contributed by atoms with Gasteiger partial charge in [-0.3, -0.25) is 0 Å². The number of hydrogen-bond donors (Lipinski definition) is 1. The molecular formula is C10H14FNO3. The number of methoxy groups -OCH3 is 1. The molecule has 0 saturated heterocycles. The van der Waals surface area contributed by atoms with Crippen molar-refractivity contribution < 1.29 is 19.0 Å². The summed E-state index contributed by atoms with van der Waals surface area (Å²) in [5.74, 6) is -0.728. The molecule has 1 aromatic heterocycles. The number of pyridine rings is 1. The Labute approximate surface area is 87.7 Å². The number of rotatable bonds is 5. The summed E-state index contributed by atoms with van der Waals surface area (Å²) in [6.45, 7) is 1.73. The van der Waals surface area contributed by atoms with Gasteiger partial charge in [0.25, 0.3) is 5.88 Å². The standard InChI is InChI=1S/C10H14FNO3/c1-7(6-14-2)15-10-9(11)8(5-13)3-4-12-10/h3-4,7,13H,5-6H2,1-2H3. The quantitative estimate of drug-likeness (QED) is 0.799. The van der Waals surface area contributed by atoms with Gasteiger partial charge in [-0.05, 0) is 13.0 Å². The fourth-order valence-corrected chi connectivity index (χ4v) is 1.13. The first-order valence-corrected chi connectivity index (χ1v) is 4.58. The lowest BCUT2D eigenvalue weighted by molar-refractivity contribution is 0.0854. The lowest BCUT2D eigenvalue weighted by atomic mass is 10.2. The van der Waals surface area contributed by atoms with E-state index >= 15 is 0 Å². The van der Waals surface area contributed by atoms with Crippen LogP contribution in [0.25, 0.3) is 0 Å². The average Bonchev–Trinajstić information content (AvgIpc) is 2.21. The number of halogens is 1. The van der Waals surface area contributed by atoms with Gasteiger partial charge in [0, 0.05) is 18.9 Å². The van der Waals surface area contributed by atoms with Crippen LogP contribution in [0.1, 0.15) is 12.5 Å². The number of aromatic nitrogens is 1. The molecule has 15 heavy (non-hydrogen) atoms. The maximum atomic E-state index is 13.5. The van der Waals surface area contributed by atoms with E-state index in [1.165, 1.54) is 19.4 Å². The van der Waals surface area contributed by atoms with Gasteiger partial charge in [-0.15, -0.1) is 0 Å². The second-order valence-corrected chi connectivity index (χ2v) is 3.13. The van der Waals surface area contributed by atoms with E-state index in [1.807, 2.05) is 0 Å². The number of ether oxygens (including phenoxy) is 2. The Kier molecular flexibility index (Phi) is 4.45. The van der Waals surface area contributed by atoms with E-state index < -0.39 is 5.82 Å². The van der Waals surface area contributed by atoms with E-state index in [4.69, 9.17) is 14.6 Å². The van der Waals surface area contributed by atoms with Crippen molar-refractivity contribution in [1.82, 2.24) is 4.98 Å². The van der Waals surface area contributed by atoms with Crippen LogP contribution >= 0.6 is 0 Å². The SMILES string of the molecule is COCC(C)Oc1nccc(CO)c1F. The first-order chi connectivity index (χ1) is 7.19. The summed E-state index contributed by atoms with van der Waals surface area (Å²) in [7, 11) is 1.54. The van der Waals surface area contributed by atoms with Crippen LogP contribution in [0.5, 0.6) is 5.88 Å². The third-order valence-corrected chi connectivity index (χ3v) is 1.82. The van der Waals surface area contributed by atoms with Gasteiger partial charge in [-0.1, -0.05) is 0 Å². The van der Waals surface area contributed by atoms with Crippen molar-refractivity contribution >= 4 is 0 Å². The van der Waals surface area contributed by atoms with Crippen molar-refractivity contribution in [3.63, 3.8) is 0 Å². The van der Waals surface area contributed by atoms with Crippen molar-refractivity contribution in [1.29, 1.82) is 0 Å². The van der Waals surface area contributed by atoms with Crippen LogP contribution < -0.4 is 4.74 Å². The fourth-order valence-electron chi connectivity index (χ4n) is 1.13. The molecule has 0 aliphatic carbocycles. The Morgan fingerprint density at radius 3 is 2.93 bits per heavy atom. The van der Waals surface area contributed by atoms with E-state index in [1.54, 1.807) is 6.92 Å². The summed E-state index contributed by atoms with van der Waals surface area (Å²) < 4.78 is 23.5. The second-order valence-electron chi connectivity index (χ2n) is 3.13. The van der Waals surface area contributed by atoms with E-state index in [0.717, 1.165) is 0 Å². The second kappa shape index (κ2) is 5.63. The first-order valence-electron chi connectivity index (χ1n) is 4.58. The number of nitrogens with zero attached hydrogens (tertiary/aromatic N) is 1. The van der Waals surface area contributed by atoms with Crippen LogP contribution in [0.4, 0.5) is 4.39 Å². The highest BCUT2D eigenvalue weighted by Gasteiger charge is 2.12. The van der Waals surface area contributed by atoms with Crippen LogP contribution in [-0.4, -0.2) is 29.9 Å². The van der Waals surface area contributed by atoms with E-state index in [9.17, 15) is 4.39 Å². The highest BCUT2D eigenvalue weighted by Crippen LogP contribution is 2.18. The van der Waals surface area contributed by atoms with Gasteiger partial charge in [0.2, 0.25) is 0 Å². The minimum Gasteiger partial charge on any atom is -0.470 e. The summed E-state index contributed by atoms with van der Waals surface area (Å²) >= 11 is 0. The Hall–Kier alpha value is -1.20. The van der Waals surface area contributed by atoms with Crippen molar-refractivity contribution in [2.24, 2.45) is 0 Å². The maximum Gasteiger partial charge on any atom is 0.251 e. The number of aliphatic hydroxyl groups is 1. The molecule has 0 saturated carbocycles. The summed E-state index contributed by atoms with van der Waals surface area (Å²) in [6.07, 6.45) is 1.11. The Morgan fingerprint density at radius 2 is 2.33 bits per heavy atom. The van der Waals surface area contributed by atoms with Crippen molar-refractivity contribution in [2.75, 3.05) is 13.7 Å². The minimum absolute atomic E-state index is 0.105. The average molecular weight is 215 g/mol. The van der Waals surface area contributed by atoms with Gasteiger partial charge in [-0.25, -0.2) is 9.37 Å². The normalized spacial score (nSPS) is 12.5. The molecule has 5 heteroatoms. The van der Waals surface area contributed by atoms with E-state index in [2.05, 4.69) is 4.98 Å². The van der Waals surface area contributed by atoms with Crippen molar-refractivity contribution in [3.8, 4) is 5.88 Å². The van der Waals surface area contributed by atoms with Crippen LogP contribution in [0, 0.1) is 5.82 Å². The van der Waals surface area contributed by atoms with E-state index in [-0.39, 0.29) is 24.2 Å². The van der Waals surface area contributed by atoms with Crippen molar-refractivity contribution in [2.45, 2.75) is 19.6 Å². The molecule has 1 rings (SSSR count). The fraction of sp³-hybridized carbons (Fsp3) is 0.500. The van der Waals surface area contributed by atoms with Crippen LogP contribution in [0.2, 0.25) is 0 Å². The molecular weight excluding hydrogens is 201 g/mol. The summed E-state index contributed by atoms with van der Waals surface area (Å²) in [6, 6.07) is 1.41. The smallest absolute Gasteiger partial charge is 0.251 e. The molecule has 1 N–H and O–H groups in total. The zero-order chi connectivity index (χ0) is 11.3. The molecule has 0 spiro atoms. The Bertz CT molecular complexity index is 320. The summed E-state index contributed by atoms with van der Waals surface area (Å²) in [5, 5.41) is 8.83. The number of hydrogen-bond acceptors (Lipinski definition) is 4. The number of aliphatic hydroxyl groups excluding tert-OH is 1. The first kappa shape index (κ1) is 11.9. The van der Waals surface area contributed by atoms with Crippen LogP contribution in [0.3, 0.4) is 0 Å². The van der Waals surface area contributed by atoms with Gasteiger partial charge in [0.1, 0.15) is 6.10 Å². The largest absolute Gasteiger partial charge is 0.470 e. The van der Waals surface area contributed by atoms with Crippen molar-refractivity contribution in [3.05, 3.63) is 23.6 Å². The molecule has 0 aliphatic heterocycles.